The molecule has 1 aliphatic heterocycles. The topological polar surface area (TPSA) is 93.1 Å². The van der Waals surface area contributed by atoms with E-state index in [2.05, 4.69) is 16.8 Å². The van der Waals surface area contributed by atoms with Gasteiger partial charge in [-0.15, -0.1) is 6.58 Å². The van der Waals surface area contributed by atoms with E-state index in [-0.39, 0.29) is 19.1 Å². The highest BCUT2D eigenvalue weighted by atomic mass is 16.4. The first kappa shape index (κ1) is 16.5. The van der Waals surface area contributed by atoms with E-state index in [1.165, 1.54) is 6.08 Å². The predicted molar refractivity (Wildman–Crippen MR) is 74.5 cm³/mol. The molecule has 1 rings (SSSR count). The zero-order valence-electron chi connectivity index (χ0n) is 11.6. The zero-order valence-corrected chi connectivity index (χ0v) is 11.6. The monoisotopic (exact) mass is 285 g/mol. The summed E-state index contributed by atoms with van der Waals surface area (Å²) in [7, 11) is 0. The van der Waals surface area contributed by atoms with Crippen LogP contribution in [0.15, 0.2) is 12.7 Å². The van der Waals surface area contributed by atoms with E-state index >= 15 is 0 Å². The van der Waals surface area contributed by atoms with Gasteiger partial charge in [0.05, 0.1) is 6.61 Å². The van der Waals surface area contributed by atoms with Gasteiger partial charge in [-0.2, -0.15) is 0 Å². The average Bonchev–Trinajstić information content (AvgIpc) is 2.64. The lowest BCUT2D eigenvalue weighted by Crippen LogP contribution is -2.48. The first-order valence-electron chi connectivity index (χ1n) is 6.80. The van der Waals surface area contributed by atoms with Gasteiger partial charge in [0.1, 0.15) is 6.04 Å². The molecule has 0 spiro atoms. The molecule has 7 heteroatoms. The molecule has 0 aliphatic carbocycles. The van der Waals surface area contributed by atoms with Crippen molar-refractivity contribution in [3.05, 3.63) is 12.7 Å². The number of nitrogens with one attached hydrogen (secondary N) is 1. The largest absolute Gasteiger partial charge is 0.480 e. The van der Waals surface area contributed by atoms with Crippen molar-refractivity contribution in [3.63, 3.8) is 0 Å². The summed E-state index contributed by atoms with van der Waals surface area (Å²) in [5, 5.41) is 20.4. The normalized spacial score (nSPS) is 18.1. The number of carboxylic acid groups (broad SMARTS) is 1. The molecule has 0 aromatic heterocycles. The van der Waals surface area contributed by atoms with Gasteiger partial charge in [-0.3, -0.25) is 4.90 Å². The highest BCUT2D eigenvalue weighted by molar-refractivity contribution is 5.82. The first-order valence-corrected chi connectivity index (χ1v) is 6.80. The van der Waals surface area contributed by atoms with Crippen molar-refractivity contribution in [3.8, 4) is 0 Å². The molecule has 1 atom stereocenters. The van der Waals surface area contributed by atoms with Crippen molar-refractivity contribution in [1.82, 2.24) is 15.1 Å². The van der Waals surface area contributed by atoms with Gasteiger partial charge in [0, 0.05) is 26.2 Å². The molecule has 1 saturated heterocycles. The third kappa shape index (κ3) is 5.18. The number of urea groups is 1. The summed E-state index contributed by atoms with van der Waals surface area (Å²) in [4.78, 5) is 26.8. The average molecular weight is 285 g/mol. The number of nitrogens with zero attached hydrogens (tertiary/aromatic N) is 2. The van der Waals surface area contributed by atoms with Crippen molar-refractivity contribution in [1.29, 1.82) is 0 Å². The Balaban J connectivity index is 2.50. The number of hydrogen-bond donors (Lipinski definition) is 3. The number of aliphatic carboxylic acids is 1. The molecular formula is C13H23N3O4. The second-order valence-corrected chi connectivity index (χ2v) is 4.77. The maximum Gasteiger partial charge on any atom is 0.326 e. The minimum absolute atomic E-state index is 0.104. The van der Waals surface area contributed by atoms with Crippen LogP contribution in [0, 0.1) is 0 Å². The van der Waals surface area contributed by atoms with Crippen LogP contribution in [0.3, 0.4) is 0 Å². The molecule has 114 valence electrons. The molecule has 2 amide bonds. The zero-order chi connectivity index (χ0) is 15.0. The number of rotatable bonds is 6. The molecule has 7 nitrogen and oxygen atoms in total. The fourth-order valence-electron chi connectivity index (χ4n) is 2.17. The first-order chi connectivity index (χ1) is 9.58. The third-order valence-electron chi connectivity index (χ3n) is 3.29. The number of carbonyl (C=O) groups excluding carboxylic acids is 1. The van der Waals surface area contributed by atoms with E-state index < -0.39 is 12.0 Å². The van der Waals surface area contributed by atoms with Crippen molar-refractivity contribution in [2.75, 3.05) is 39.3 Å². The quantitative estimate of drug-likeness (QED) is 0.584. The Morgan fingerprint density at radius 3 is 2.65 bits per heavy atom. The Morgan fingerprint density at radius 1 is 1.30 bits per heavy atom. The molecule has 1 unspecified atom stereocenters. The highest BCUT2D eigenvalue weighted by Gasteiger charge is 2.23. The molecule has 1 fully saturated rings. The molecule has 0 bridgehead atoms. The van der Waals surface area contributed by atoms with Crippen molar-refractivity contribution in [2.45, 2.75) is 18.9 Å². The van der Waals surface area contributed by atoms with Gasteiger partial charge in [-0.25, -0.2) is 9.59 Å². The minimum atomic E-state index is -1.06. The van der Waals surface area contributed by atoms with Gasteiger partial charge in [0.15, 0.2) is 0 Å². The Bertz CT molecular complexity index is 349. The lowest BCUT2D eigenvalue weighted by Gasteiger charge is -2.23. The molecule has 1 heterocycles. The molecular weight excluding hydrogens is 262 g/mol. The number of carbonyl (C=O) groups is 2. The molecule has 20 heavy (non-hydrogen) atoms. The van der Waals surface area contributed by atoms with E-state index in [9.17, 15) is 9.59 Å². The van der Waals surface area contributed by atoms with Crippen LogP contribution in [0.2, 0.25) is 0 Å². The van der Waals surface area contributed by atoms with Crippen LogP contribution in [0.25, 0.3) is 0 Å². The maximum atomic E-state index is 12.1. The van der Waals surface area contributed by atoms with Gasteiger partial charge < -0.3 is 20.4 Å². The molecule has 0 aromatic rings. The summed E-state index contributed by atoms with van der Waals surface area (Å²) in [6.07, 6.45) is 2.49. The van der Waals surface area contributed by atoms with Gasteiger partial charge in [0.25, 0.3) is 0 Å². The minimum Gasteiger partial charge on any atom is -0.480 e. The number of carboxylic acids is 1. The number of aliphatic hydroxyl groups excluding tert-OH is 1. The summed E-state index contributed by atoms with van der Waals surface area (Å²) in [5.41, 5.74) is 0. The number of hydrogen-bond acceptors (Lipinski definition) is 4. The summed E-state index contributed by atoms with van der Waals surface area (Å²) in [6.45, 7) is 6.84. The van der Waals surface area contributed by atoms with Gasteiger partial charge >= 0.3 is 12.0 Å². The van der Waals surface area contributed by atoms with Crippen LogP contribution in [0.5, 0.6) is 0 Å². The highest BCUT2D eigenvalue weighted by Crippen LogP contribution is 2.04. The van der Waals surface area contributed by atoms with Crippen LogP contribution in [0.1, 0.15) is 12.8 Å². The smallest absolute Gasteiger partial charge is 0.326 e. The summed E-state index contributed by atoms with van der Waals surface area (Å²) in [6, 6.07) is -1.29. The molecule has 0 aromatic carbocycles. The number of aliphatic hydroxyl groups is 1. The molecule has 0 radical (unpaired) electrons. The van der Waals surface area contributed by atoms with Gasteiger partial charge in [-0.1, -0.05) is 6.08 Å². The molecule has 1 aliphatic rings. The second kappa shape index (κ2) is 8.55. The summed E-state index contributed by atoms with van der Waals surface area (Å²) < 4.78 is 0. The Labute approximate surface area is 118 Å². The van der Waals surface area contributed by atoms with Gasteiger partial charge in [-0.05, 0) is 19.4 Å². The standard InChI is InChI=1S/C13H23N3O4/c1-2-4-11(12(18)19)14-13(20)16-6-3-5-15(7-8-16)9-10-17/h2,11,17H,1,3-10H2,(H,14,20)(H,18,19). The van der Waals surface area contributed by atoms with Crippen molar-refractivity contribution >= 4 is 12.0 Å². The second-order valence-electron chi connectivity index (χ2n) is 4.77. The van der Waals surface area contributed by atoms with Crippen molar-refractivity contribution in [2.24, 2.45) is 0 Å². The van der Waals surface area contributed by atoms with Crippen LogP contribution in [0.4, 0.5) is 4.79 Å². The maximum absolute atomic E-state index is 12.1. The summed E-state index contributed by atoms with van der Waals surface area (Å²) >= 11 is 0. The predicted octanol–water partition coefficient (Wildman–Crippen LogP) is -0.275. The SMILES string of the molecule is C=CCC(NC(=O)N1CCCN(CCO)CC1)C(=O)O. The third-order valence-corrected chi connectivity index (χ3v) is 3.29. The Hall–Kier alpha value is -1.60. The summed E-state index contributed by atoms with van der Waals surface area (Å²) in [5.74, 6) is -1.06. The van der Waals surface area contributed by atoms with E-state index in [0.717, 1.165) is 13.0 Å². The van der Waals surface area contributed by atoms with Crippen molar-refractivity contribution < 1.29 is 19.8 Å². The Kier molecular flexibility index (Phi) is 7.03. The van der Waals surface area contributed by atoms with Crippen LogP contribution in [-0.4, -0.2) is 77.4 Å². The van der Waals surface area contributed by atoms with E-state index in [0.29, 0.717) is 26.2 Å². The van der Waals surface area contributed by atoms with Crippen LogP contribution < -0.4 is 5.32 Å². The molecule has 3 N–H and O–H groups in total. The lowest BCUT2D eigenvalue weighted by molar-refractivity contribution is -0.139. The Morgan fingerprint density at radius 2 is 2.05 bits per heavy atom. The van der Waals surface area contributed by atoms with Crippen LogP contribution >= 0.6 is 0 Å². The number of amides is 2. The van der Waals surface area contributed by atoms with Crippen LogP contribution in [-0.2, 0) is 4.79 Å². The fraction of sp³-hybridized carbons (Fsp3) is 0.692. The fourth-order valence-corrected chi connectivity index (χ4v) is 2.17. The lowest BCUT2D eigenvalue weighted by atomic mass is 10.2. The van der Waals surface area contributed by atoms with E-state index in [4.69, 9.17) is 10.2 Å². The number of β-amino-alcohol motifs (C(OH)–C–C–N with tert-alkyl or cyclic N) is 1. The van der Waals surface area contributed by atoms with E-state index in [1.54, 1.807) is 4.90 Å². The van der Waals surface area contributed by atoms with Gasteiger partial charge in [0.2, 0.25) is 0 Å². The molecule has 0 saturated carbocycles. The van der Waals surface area contributed by atoms with E-state index in [1.807, 2.05) is 0 Å².